The molecule has 7 heteroatoms. The number of carbonyl (C=O) groups is 1. The van der Waals surface area contributed by atoms with Crippen LogP contribution in [0.2, 0.25) is 0 Å². The van der Waals surface area contributed by atoms with Gasteiger partial charge in [0.25, 0.3) is 0 Å². The molecule has 2 heterocycles. The summed E-state index contributed by atoms with van der Waals surface area (Å²) in [5.74, 6) is 1.15. The predicted molar refractivity (Wildman–Crippen MR) is 92.9 cm³/mol. The fourth-order valence-electron chi connectivity index (χ4n) is 4.05. The summed E-state index contributed by atoms with van der Waals surface area (Å²) in [4.78, 5) is 14.7. The SMILES string of the molecule is O=C(C1CCCC1)N1CCN(S(=O)(=O)c2ccc3c(c2)CCO3)CC1. The Kier molecular flexibility index (Phi) is 4.45. The highest BCUT2D eigenvalue weighted by molar-refractivity contribution is 7.89. The molecule has 1 aromatic carbocycles. The first-order chi connectivity index (χ1) is 12.1. The molecule has 0 aromatic heterocycles. The van der Waals surface area contributed by atoms with Gasteiger partial charge < -0.3 is 9.64 Å². The molecule has 0 unspecified atom stereocenters. The van der Waals surface area contributed by atoms with Crippen molar-refractivity contribution in [3.63, 3.8) is 0 Å². The van der Waals surface area contributed by atoms with Crippen LogP contribution in [0.15, 0.2) is 23.1 Å². The minimum atomic E-state index is -3.51. The summed E-state index contributed by atoms with van der Waals surface area (Å²) in [5, 5.41) is 0. The van der Waals surface area contributed by atoms with Gasteiger partial charge in [0.05, 0.1) is 11.5 Å². The van der Waals surface area contributed by atoms with E-state index in [0.29, 0.717) is 37.7 Å². The fourth-order valence-corrected chi connectivity index (χ4v) is 5.53. The Morgan fingerprint density at radius 2 is 1.80 bits per heavy atom. The highest BCUT2D eigenvalue weighted by atomic mass is 32.2. The molecule has 1 aromatic rings. The van der Waals surface area contributed by atoms with Gasteiger partial charge in [0.1, 0.15) is 5.75 Å². The van der Waals surface area contributed by atoms with Crippen LogP contribution in [-0.2, 0) is 21.2 Å². The molecule has 0 bridgehead atoms. The Hall–Kier alpha value is -1.60. The van der Waals surface area contributed by atoms with Gasteiger partial charge in [-0.15, -0.1) is 0 Å². The molecule has 1 saturated heterocycles. The number of sulfonamides is 1. The van der Waals surface area contributed by atoms with Crippen molar-refractivity contribution in [2.75, 3.05) is 32.8 Å². The number of hydrogen-bond donors (Lipinski definition) is 0. The van der Waals surface area contributed by atoms with Crippen LogP contribution >= 0.6 is 0 Å². The van der Waals surface area contributed by atoms with Crippen LogP contribution in [0.4, 0.5) is 0 Å². The van der Waals surface area contributed by atoms with Gasteiger partial charge in [-0.1, -0.05) is 12.8 Å². The van der Waals surface area contributed by atoms with E-state index in [1.54, 1.807) is 18.2 Å². The summed E-state index contributed by atoms with van der Waals surface area (Å²) in [7, 11) is -3.51. The van der Waals surface area contributed by atoms with Crippen LogP contribution in [0.25, 0.3) is 0 Å². The molecule has 136 valence electrons. The van der Waals surface area contributed by atoms with E-state index in [-0.39, 0.29) is 11.8 Å². The smallest absolute Gasteiger partial charge is 0.243 e. The van der Waals surface area contributed by atoms with Crippen LogP contribution in [0.5, 0.6) is 5.75 Å². The second-order valence-corrected chi connectivity index (χ2v) is 9.02. The van der Waals surface area contributed by atoms with Crippen molar-refractivity contribution in [3.8, 4) is 5.75 Å². The number of benzene rings is 1. The van der Waals surface area contributed by atoms with Gasteiger partial charge in [-0.25, -0.2) is 8.42 Å². The summed E-state index contributed by atoms with van der Waals surface area (Å²) >= 11 is 0. The largest absolute Gasteiger partial charge is 0.493 e. The van der Waals surface area contributed by atoms with E-state index >= 15 is 0 Å². The second kappa shape index (κ2) is 6.61. The molecule has 6 nitrogen and oxygen atoms in total. The Morgan fingerprint density at radius 3 is 2.52 bits per heavy atom. The summed E-state index contributed by atoms with van der Waals surface area (Å²) in [6, 6.07) is 5.10. The number of fused-ring (bicyclic) bond motifs is 1. The number of ether oxygens (including phenoxy) is 1. The monoisotopic (exact) mass is 364 g/mol. The van der Waals surface area contributed by atoms with Gasteiger partial charge in [-0.2, -0.15) is 4.31 Å². The number of piperazine rings is 1. The average Bonchev–Trinajstić information content (AvgIpc) is 3.32. The van der Waals surface area contributed by atoms with Crippen LogP contribution in [0.1, 0.15) is 31.2 Å². The topological polar surface area (TPSA) is 66.9 Å². The quantitative estimate of drug-likeness (QED) is 0.818. The molecule has 1 aliphatic carbocycles. The standard InChI is InChI=1S/C18H24N2O4S/c21-18(14-3-1-2-4-14)19-8-10-20(11-9-19)25(22,23)16-5-6-17-15(13-16)7-12-24-17/h5-6,13-14H,1-4,7-12H2. The van der Waals surface area contributed by atoms with E-state index in [0.717, 1.165) is 43.4 Å². The number of amides is 1. The molecule has 0 radical (unpaired) electrons. The number of hydrogen-bond acceptors (Lipinski definition) is 4. The molecule has 0 N–H and O–H groups in total. The van der Waals surface area contributed by atoms with Crippen LogP contribution < -0.4 is 4.74 Å². The van der Waals surface area contributed by atoms with E-state index < -0.39 is 10.0 Å². The third-order valence-corrected chi connectivity index (χ3v) is 7.45. The van der Waals surface area contributed by atoms with E-state index in [2.05, 4.69) is 0 Å². The van der Waals surface area contributed by atoms with Gasteiger partial charge in [-0.3, -0.25) is 4.79 Å². The summed E-state index contributed by atoms with van der Waals surface area (Å²) < 4.78 is 32.8. The maximum absolute atomic E-state index is 12.9. The molecule has 25 heavy (non-hydrogen) atoms. The molecule has 2 fully saturated rings. The lowest BCUT2D eigenvalue weighted by Crippen LogP contribution is -2.51. The van der Waals surface area contributed by atoms with Gasteiger partial charge in [0, 0.05) is 38.5 Å². The lowest BCUT2D eigenvalue weighted by Gasteiger charge is -2.35. The maximum Gasteiger partial charge on any atom is 0.243 e. The summed E-state index contributed by atoms with van der Waals surface area (Å²) in [5.41, 5.74) is 0.955. The molecule has 0 atom stereocenters. The highest BCUT2D eigenvalue weighted by Gasteiger charge is 2.33. The molecule has 1 amide bonds. The zero-order valence-electron chi connectivity index (χ0n) is 14.3. The Balaban J connectivity index is 1.43. The predicted octanol–water partition coefficient (Wildman–Crippen LogP) is 1.64. The molecule has 3 aliphatic rings. The maximum atomic E-state index is 12.9. The molecule has 1 saturated carbocycles. The first kappa shape index (κ1) is 16.8. The van der Waals surface area contributed by atoms with Crippen molar-refractivity contribution < 1.29 is 17.9 Å². The molecular formula is C18H24N2O4S. The van der Waals surface area contributed by atoms with Crippen molar-refractivity contribution in [3.05, 3.63) is 23.8 Å². The van der Waals surface area contributed by atoms with Gasteiger partial charge in [-0.05, 0) is 36.6 Å². The van der Waals surface area contributed by atoms with Crippen molar-refractivity contribution in [1.29, 1.82) is 0 Å². The van der Waals surface area contributed by atoms with Crippen LogP contribution in [0.3, 0.4) is 0 Å². The first-order valence-corrected chi connectivity index (χ1v) is 10.5. The molecule has 0 spiro atoms. The van der Waals surface area contributed by atoms with Crippen molar-refractivity contribution in [2.45, 2.75) is 37.0 Å². The highest BCUT2D eigenvalue weighted by Crippen LogP contribution is 2.30. The third kappa shape index (κ3) is 3.15. The number of rotatable bonds is 3. The lowest BCUT2D eigenvalue weighted by atomic mass is 10.1. The molecule has 2 aliphatic heterocycles. The van der Waals surface area contributed by atoms with Crippen LogP contribution in [-0.4, -0.2) is 56.3 Å². The zero-order valence-corrected chi connectivity index (χ0v) is 15.1. The minimum Gasteiger partial charge on any atom is -0.493 e. The van der Waals surface area contributed by atoms with E-state index in [1.807, 2.05) is 4.90 Å². The van der Waals surface area contributed by atoms with Crippen molar-refractivity contribution >= 4 is 15.9 Å². The van der Waals surface area contributed by atoms with Gasteiger partial charge >= 0.3 is 0 Å². The van der Waals surface area contributed by atoms with Crippen LogP contribution in [0, 0.1) is 5.92 Å². The van der Waals surface area contributed by atoms with Crippen molar-refractivity contribution in [1.82, 2.24) is 9.21 Å². The van der Waals surface area contributed by atoms with Crippen molar-refractivity contribution in [2.24, 2.45) is 5.92 Å². The van der Waals surface area contributed by atoms with E-state index in [1.165, 1.54) is 4.31 Å². The van der Waals surface area contributed by atoms with E-state index in [9.17, 15) is 13.2 Å². The van der Waals surface area contributed by atoms with Gasteiger partial charge in [0.2, 0.25) is 15.9 Å². The van der Waals surface area contributed by atoms with Gasteiger partial charge in [0.15, 0.2) is 0 Å². The fraction of sp³-hybridized carbons (Fsp3) is 0.611. The lowest BCUT2D eigenvalue weighted by molar-refractivity contribution is -0.136. The Morgan fingerprint density at radius 1 is 1.08 bits per heavy atom. The normalized spacial score (nSPS) is 22.0. The molecular weight excluding hydrogens is 340 g/mol. The Labute approximate surface area is 148 Å². The summed E-state index contributed by atoms with van der Waals surface area (Å²) in [6.07, 6.45) is 4.98. The minimum absolute atomic E-state index is 0.153. The van der Waals surface area contributed by atoms with E-state index in [4.69, 9.17) is 4.74 Å². The summed E-state index contributed by atoms with van der Waals surface area (Å²) in [6.45, 7) is 2.33. The Bertz CT molecular complexity index is 763. The number of carbonyl (C=O) groups excluding carboxylic acids is 1. The number of nitrogens with zero attached hydrogens (tertiary/aromatic N) is 2. The first-order valence-electron chi connectivity index (χ1n) is 9.10. The zero-order chi connectivity index (χ0) is 17.4. The third-order valence-electron chi connectivity index (χ3n) is 5.55. The second-order valence-electron chi connectivity index (χ2n) is 7.08. The average molecular weight is 364 g/mol. The molecule has 4 rings (SSSR count).